The maximum absolute atomic E-state index is 12.6. The Morgan fingerprint density at radius 1 is 1.37 bits per heavy atom. The van der Waals surface area contributed by atoms with Gasteiger partial charge in [0.05, 0.1) is 5.56 Å². The molecule has 0 fully saturated rings. The summed E-state index contributed by atoms with van der Waals surface area (Å²) in [6.45, 7) is 7.55. The first-order chi connectivity index (χ1) is 8.86. The Morgan fingerprint density at radius 2 is 2.00 bits per heavy atom. The summed E-state index contributed by atoms with van der Waals surface area (Å²) in [5.41, 5.74) is 8.13. The number of hydrogen-bond acceptors (Lipinski definition) is 3. The van der Waals surface area contributed by atoms with E-state index in [2.05, 4.69) is 11.8 Å². The molecule has 0 aliphatic rings. The molecule has 4 heteroatoms. The molecule has 0 saturated carbocycles. The van der Waals surface area contributed by atoms with Crippen molar-refractivity contribution >= 4 is 11.6 Å². The van der Waals surface area contributed by atoms with E-state index < -0.39 is 0 Å². The smallest absolute Gasteiger partial charge is 0.256 e. The third kappa shape index (κ3) is 3.96. The van der Waals surface area contributed by atoms with Gasteiger partial charge in [0, 0.05) is 24.8 Å². The van der Waals surface area contributed by atoms with Crippen LogP contribution in [0.4, 0.5) is 5.69 Å². The number of nitrogens with zero attached hydrogens (tertiary/aromatic N) is 2. The molecule has 0 radical (unpaired) electrons. The van der Waals surface area contributed by atoms with Crippen LogP contribution < -0.4 is 5.73 Å². The molecule has 0 bridgehead atoms. The molecule has 1 aromatic carbocycles. The highest BCUT2D eigenvalue weighted by atomic mass is 16.2. The van der Waals surface area contributed by atoms with Gasteiger partial charge in [-0.25, -0.2) is 0 Å². The number of likely N-dealkylation sites (N-methyl/N-ethyl adjacent to an activating group) is 2. The fourth-order valence-corrected chi connectivity index (χ4v) is 2.29. The molecule has 0 heterocycles. The first-order valence-corrected chi connectivity index (χ1v) is 6.68. The van der Waals surface area contributed by atoms with E-state index in [1.807, 2.05) is 45.0 Å². The van der Waals surface area contributed by atoms with Gasteiger partial charge in [-0.3, -0.25) is 4.79 Å². The normalized spacial score (nSPS) is 12.5. The quantitative estimate of drug-likeness (QED) is 0.827. The van der Waals surface area contributed by atoms with Crippen LogP contribution in [-0.4, -0.2) is 48.9 Å². The predicted octanol–water partition coefficient (Wildman–Crippen LogP) is 1.99. The third-order valence-electron chi connectivity index (χ3n) is 3.20. The lowest BCUT2D eigenvalue weighted by molar-refractivity contribution is 0.0680. The zero-order valence-electron chi connectivity index (χ0n) is 12.6. The second kappa shape index (κ2) is 6.57. The topological polar surface area (TPSA) is 49.6 Å². The van der Waals surface area contributed by atoms with Crippen LogP contribution in [0.25, 0.3) is 0 Å². The molecule has 0 aromatic heterocycles. The average molecular weight is 263 g/mol. The van der Waals surface area contributed by atoms with Crippen LogP contribution in [0.5, 0.6) is 0 Å². The van der Waals surface area contributed by atoms with Crippen molar-refractivity contribution in [3.8, 4) is 0 Å². The number of aryl methyl sites for hydroxylation is 1. The maximum Gasteiger partial charge on any atom is 0.256 e. The number of benzene rings is 1. The number of anilines is 1. The van der Waals surface area contributed by atoms with Crippen LogP contribution in [-0.2, 0) is 0 Å². The van der Waals surface area contributed by atoms with E-state index >= 15 is 0 Å². The second-order valence-corrected chi connectivity index (χ2v) is 5.29. The summed E-state index contributed by atoms with van der Waals surface area (Å²) in [6, 6.07) is 5.74. The summed E-state index contributed by atoms with van der Waals surface area (Å²) >= 11 is 0. The van der Waals surface area contributed by atoms with E-state index in [9.17, 15) is 4.79 Å². The zero-order valence-corrected chi connectivity index (χ0v) is 12.6. The Labute approximate surface area is 116 Å². The number of carbonyl (C=O) groups excluding carboxylic acids is 1. The van der Waals surface area contributed by atoms with Gasteiger partial charge < -0.3 is 15.5 Å². The highest BCUT2D eigenvalue weighted by Crippen LogP contribution is 2.17. The van der Waals surface area contributed by atoms with Crippen molar-refractivity contribution in [3.05, 3.63) is 29.3 Å². The minimum atomic E-state index is 0.0121. The fraction of sp³-hybridized carbons (Fsp3) is 0.533. The minimum Gasteiger partial charge on any atom is -0.398 e. The Kier molecular flexibility index (Phi) is 5.36. The molecule has 1 rings (SSSR count). The van der Waals surface area contributed by atoms with Gasteiger partial charge in [0.15, 0.2) is 0 Å². The first-order valence-electron chi connectivity index (χ1n) is 6.68. The molecule has 0 aliphatic heterocycles. The monoisotopic (exact) mass is 263 g/mol. The highest BCUT2D eigenvalue weighted by molar-refractivity contribution is 5.99. The summed E-state index contributed by atoms with van der Waals surface area (Å²) in [6.07, 6.45) is 0. The average Bonchev–Trinajstić information content (AvgIpc) is 2.32. The van der Waals surface area contributed by atoms with Crippen molar-refractivity contribution < 1.29 is 4.79 Å². The Morgan fingerprint density at radius 3 is 2.53 bits per heavy atom. The zero-order chi connectivity index (χ0) is 14.6. The first kappa shape index (κ1) is 15.5. The molecular weight excluding hydrogens is 238 g/mol. The van der Waals surface area contributed by atoms with Gasteiger partial charge in [-0.05, 0) is 47.0 Å². The number of rotatable bonds is 5. The molecular formula is C15H25N3O. The molecule has 4 nitrogen and oxygen atoms in total. The summed E-state index contributed by atoms with van der Waals surface area (Å²) < 4.78 is 0. The molecule has 0 spiro atoms. The number of nitrogen functional groups attached to an aromatic ring is 1. The van der Waals surface area contributed by atoms with E-state index in [-0.39, 0.29) is 11.9 Å². The Balaban J connectivity index is 2.98. The highest BCUT2D eigenvalue weighted by Gasteiger charge is 2.22. The van der Waals surface area contributed by atoms with Gasteiger partial charge in [-0.1, -0.05) is 11.6 Å². The van der Waals surface area contributed by atoms with Gasteiger partial charge in [-0.2, -0.15) is 0 Å². The molecule has 2 N–H and O–H groups in total. The van der Waals surface area contributed by atoms with Crippen LogP contribution in [0.2, 0.25) is 0 Å². The number of nitrogens with two attached hydrogens (primary N) is 1. The lowest BCUT2D eigenvalue weighted by atomic mass is 10.1. The van der Waals surface area contributed by atoms with Crippen LogP contribution in [0.1, 0.15) is 29.8 Å². The predicted molar refractivity (Wildman–Crippen MR) is 80.3 cm³/mol. The van der Waals surface area contributed by atoms with Gasteiger partial charge in [0.25, 0.3) is 5.91 Å². The van der Waals surface area contributed by atoms with Gasteiger partial charge >= 0.3 is 0 Å². The number of carbonyl (C=O) groups is 1. The summed E-state index contributed by atoms with van der Waals surface area (Å²) in [7, 11) is 4.02. The van der Waals surface area contributed by atoms with E-state index in [0.29, 0.717) is 17.8 Å². The summed E-state index contributed by atoms with van der Waals surface area (Å²) in [5.74, 6) is 0.0121. The number of hydrogen-bond donors (Lipinski definition) is 1. The lowest BCUT2D eigenvalue weighted by Gasteiger charge is -2.30. The standard InChI is InChI=1S/C15H25N3O/c1-6-18(12(3)10-17(4)5)15(19)13-9-11(2)7-8-14(13)16/h7-9,12H,6,10,16H2,1-5H3. The van der Waals surface area contributed by atoms with Crippen LogP contribution in [0, 0.1) is 6.92 Å². The fourth-order valence-electron chi connectivity index (χ4n) is 2.29. The second-order valence-electron chi connectivity index (χ2n) is 5.29. The molecule has 1 aromatic rings. The van der Waals surface area contributed by atoms with Crippen molar-refractivity contribution in [1.29, 1.82) is 0 Å². The van der Waals surface area contributed by atoms with Gasteiger partial charge in [-0.15, -0.1) is 0 Å². The molecule has 0 aliphatic carbocycles. The van der Waals surface area contributed by atoms with Crippen molar-refractivity contribution in [2.45, 2.75) is 26.8 Å². The van der Waals surface area contributed by atoms with E-state index in [0.717, 1.165) is 12.1 Å². The molecule has 0 saturated heterocycles. The largest absolute Gasteiger partial charge is 0.398 e. The van der Waals surface area contributed by atoms with Crippen molar-refractivity contribution in [2.24, 2.45) is 0 Å². The van der Waals surface area contributed by atoms with Gasteiger partial charge in [0.2, 0.25) is 0 Å². The van der Waals surface area contributed by atoms with E-state index in [1.165, 1.54) is 0 Å². The van der Waals surface area contributed by atoms with E-state index in [4.69, 9.17) is 5.73 Å². The molecule has 106 valence electrons. The summed E-state index contributed by atoms with van der Waals surface area (Å²) in [4.78, 5) is 16.5. The minimum absolute atomic E-state index is 0.0121. The van der Waals surface area contributed by atoms with Crippen LogP contribution in [0.15, 0.2) is 18.2 Å². The van der Waals surface area contributed by atoms with Gasteiger partial charge in [0.1, 0.15) is 0 Å². The Bertz CT molecular complexity index is 443. The van der Waals surface area contributed by atoms with Crippen molar-refractivity contribution in [2.75, 3.05) is 32.9 Å². The van der Waals surface area contributed by atoms with Crippen molar-refractivity contribution in [3.63, 3.8) is 0 Å². The Hall–Kier alpha value is -1.55. The van der Waals surface area contributed by atoms with Crippen LogP contribution >= 0.6 is 0 Å². The van der Waals surface area contributed by atoms with E-state index in [1.54, 1.807) is 6.07 Å². The molecule has 1 amide bonds. The lowest BCUT2D eigenvalue weighted by Crippen LogP contribution is -2.43. The number of amides is 1. The van der Waals surface area contributed by atoms with Crippen molar-refractivity contribution in [1.82, 2.24) is 9.80 Å². The van der Waals surface area contributed by atoms with Crippen LogP contribution in [0.3, 0.4) is 0 Å². The molecule has 1 atom stereocenters. The molecule has 1 unspecified atom stereocenters. The maximum atomic E-state index is 12.6. The molecule has 19 heavy (non-hydrogen) atoms. The summed E-state index contributed by atoms with van der Waals surface area (Å²) in [5, 5.41) is 0. The SMILES string of the molecule is CCN(C(=O)c1cc(C)ccc1N)C(C)CN(C)C. The third-order valence-corrected chi connectivity index (χ3v) is 3.20.